The van der Waals surface area contributed by atoms with Crippen LogP contribution in [0.3, 0.4) is 0 Å². The van der Waals surface area contributed by atoms with E-state index in [4.69, 9.17) is 9.15 Å². The van der Waals surface area contributed by atoms with Crippen LogP contribution in [0.5, 0.6) is 5.75 Å². The summed E-state index contributed by atoms with van der Waals surface area (Å²) in [7, 11) is 7.03. The molecule has 0 unspecified atom stereocenters. The highest BCUT2D eigenvalue weighted by Crippen LogP contribution is 2.43. The summed E-state index contributed by atoms with van der Waals surface area (Å²) in [4.78, 5) is 13.8. The van der Waals surface area contributed by atoms with Crippen LogP contribution in [0.15, 0.2) is 108 Å². The number of allylic oxidation sites excluding steroid dienone is 2. The van der Waals surface area contributed by atoms with Gasteiger partial charge in [-0.25, -0.2) is 4.58 Å². The highest BCUT2D eigenvalue weighted by molar-refractivity contribution is 5.99. The number of alkyl halides is 2. The Hall–Kier alpha value is -5.50. The predicted molar refractivity (Wildman–Crippen MR) is 170 cm³/mol. The summed E-state index contributed by atoms with van der Waals surface area (Å²) < 4.78 is 45.0. The van der Waals surface area contributed by atoms with Gasteiger partial charge in [0.1, 0.15) is 42.9 Å². The standard InChI is InChI=1S/C37H30F2N2O4/c1-40(2)27-15-16-28-25(20-31(44-33(28)22-27)23-11-7-5-8-12-23)19-26-21-32(24-13-9-6-10-14-24)45-35-29(26)17-18-30(41(3)4)34(35)37(38,39)36(42)43/h5-22H,1-4H3. The van der Waals surface area contributed by atoms with Crippen LogP contribution in [0.1, 0.15) is 22.3 Å². The number of rotatable bonds is 6. The molecule has 0 amide bonds. The van der Waals surface area contributed by atoms with Crippen molar-refractivity contribution in [3.8, 4) is 28.4 Å². The van der Waals surface area contributed by atoms with Gasteiger partial charge in [0.15, 0.2) is 5.76 Å². The quantitative estimate of drug-likeness (QED) is 0.224. The number of ether oxygens (including phenoxy) is 1. The number of hydrogen-bond donors (Lipinski definition) is 0. The highest BCUT2D eigenvalue weighted by atomic mass is 19.3. The molecule has 3 aromatic rings. The van der Waals surface area contributed by atoms with Crippen LogP contribution in [0.25, 0.3) is 40.1 Å². The summed E-state index contributed by atoms with van der Waals surface area (Å²) in [5, 5.41) is 11.8. The van der Waals surface area contributed by atoms with Crippen LogP contribution in [-0.2, 0) is 10.7 Å². The monoisotopic (exact) mass is 604 g/mol. The minimum atomic E-state index is -4.34. The zero-order chi connectivity index (χ0) is 31.9. The Balaban J connectivity index is 1.68. The van der Waals surface area contributed by atoms with Gasteiger partial charge in [-0.2, -0.15) is 8.78 Å². The zero-order valence-electron chi connectivity index (χ0n) is 25.2. The van der Waals surface area contributed by atoms with Crippen LogP contribution in [-0.4, -0.2) is 34.2 Å². The van der Waals surface area contributed by atoms with Gasteiger partial charge in [0.05, 0.1) is 0 Å². The molecular weight excluding hydrogens is 574 g/mol. The number of halogens is 2. The van der Waals surface area contributed by atoms with Crippen LogP contribution in [0, 0.1) is 0 Å². The summed E-state index contributed by atoms with van der Waals surface area (Å²) in [6.45, 7) is 0. The summed E-state index contributed by atoms with van der Waals surface area (Å²) in [6, 6.07) is 29.5. The van der Waals surface area contributed by atoms with Crippen LogP contribution in [0.2, 0.25) is 0 Å². The number of carbonyl (C=O) groups is 1. The Labute approximate surface area is 259 Å². The van der Waals surface area contributed by atoms with E-state index in [1.54, 1.807) is 38.4 Å². The molecule has 6 rings (SSSR count). The fourth-order valence-corrected chi connectivity index (χ4v) is 5.42. The lowest BCUT2D eigenvalue weighted by molar-refractivity contribution is -0.331. The molecule has 0 aromatic heterocycles. The molecule has 8 heteroatoms. The van der Waals surface area contributed by atoms with Crippen LogP contribution < -0.4 is 24.7 Å². The molecular formula is C37H30F2N2O4. The van der Waals surface area contributed by atoms with E-state index in [1.165, 1.54) is 10.6 Å². The zero-order valence-corrected chi connectivity index (χ0v) is 25.2. The Morgan fingerprint density at radius 2 is 1.51 bits per heavy atom. The molecule has 0 fully saturated rings. The van der Waals surface area contributed by atoms with Crippen molar-refractivity contribution in [1.29, 1.82) is 0 Å². The molecule has 0 spiro atoms. The van der Waals surface area contributed by atoms with E-state index < -0.39 is 17.5 Å². The van der Waals surface area contributed by atoms with Crippen molar-refractivity contribution >= 4 is 29.1 Å². The van der Waals surface area contributed by atoms with Crippen LogP contribution in [0.4, 0.5) is 14.5 Å². The summed E-state index contributed by atoms with van der Waals surface area (Å²) in [5.41, 5.74) is 4.14. The number of aliphatic carboxylic acids is 1. The van der Waals surface area contributed by atoms with Crippen LogP contribution >= 0.6 is 0 Å². The summed E-state index contributed by atoms with van der Waals surface area (Å²) in [6.07, 6.45) is 3.80. The van der Waals surface area contributed by atoms with Gasteiger partial charge in [0.2, 0.25) is 5.36 Å². The van der Waals surface area contributed by atoms with Gasteiger partial charge in [-0.1, -0.05) is 60.7 Å². The summed E-state index contributed by atoms with van der Waals surface area (Å²) >= 11 is 0. The topological polar surface area (TPSA) is 68.8 Å². The minimum Gasteiger partial charge on any atom is -0.544 e. The first-order valence-electron chi connectivity index (χ1n) is 14.3. The molecule has 45 heavy (non-hydrogen) atoms. The maximum Gasteiger partial charge on any atom is 0.322 e. The van der Waals surface area contributed by atoms with Crippen molar-refractivity contribution < 1.29 is 27.8 Å². The van der Waals surface area contributed by atoms with E-state index in [9.17, 15) is 9.90 Å². The molecule has 0 saturated heterocycles. The highest BCUT2D eigenvalue weighted by Gasteiger charge is 2.42. The van der Waals surface area contributed by atoms with Gasteiger partial charge in [-0.15, -0.1) is 0 Å². The number of nitrogens with zero attached hydrogens (tertiary/aromatic N) is 2. The third-order valence-electron chi connectivity index (χ3n) is 7.72. The Bertz CT molecular complexity index is 2020. The molecule has 3 aliphatic rings. The fraction of sp³-hybridized carbons (Fsp3) is 0.135. The second-order valence-corrected chi connectivity index (χ2v) is 11.2. The molecule has 6 nitrogen and oxygen atoms in total. The van der Waals surface area contributed by atoms with Crippen molar-refractivity contribution in [2.24, 2.45) is 0 Å². The third-order valence-corrected chi connectivity index (χ3v) is 7.72. The molecule has 1 aliphatic carbocycles. The maximum atomic E-state index is 15.5. The normalized spacial score (nSPS) is 13.6. The largest absolute Gasteiger partial charge is 0.544 e. The van der Waals surface area contributed by atoms with Gasteiger partial charge in [0, 0.05) is 54.2 Å². The number of fused-ring (bicyclic) bond motifs is 2. The Morgan fingerprint density at radius 3 is 2.13 bits per heavy atom. The van der Waals surface area contributed by atoms with Gasteiger partial charge >= 0.3 is 5.92 Å². The second-order valence-electron chi connectivity index (χ2n) is 11.2. The fourth-order valence-electron chi connectivity index (χ4n) is 5.42. The van der Waals surface area contributed by atoms with E-state index in [0.29, 0.717) is 34.0 Å². The van der Waals surface area contributed by atoms with E-state index in [0.717, 1.165) is 22.4 Å². The van der Waals surface area contributed by atoms with E-state index >= 15 is 8.78 Å². The van der Waals surface area contributed by atoms with Crippen molar-refractivity contribution in [1.82, 2.24) is 4.58 Å². The Morgan fingerprint density at radius 1 is 0.867 bits per heavy atom. The second kappa shape index (κ2) is 11.5. The average molecular weight is 605 g/mol. The first kappa shape index (κ1) is 29.6. The maximum absolute atomic E-state index is 15.5. The van der Waals surface area contributed by atoms with Gasteiger partial charge in [-0.3, -0.25) is 0 Å². The molecule has 2 heterocycles. The summed E-state index contributed by atoms with van der Waals surface area (Å²) in [5.74, 6) is -5.53. The molecule has 0 radical (unpaired) electrons. The van der Waals surface area contributed by atoms with E-state index in [1.807, 2.05) is 97.9 Å². The molecule has 2 aliphatic heterocycles. The average Bonchev–Trinajstić information content (AvgIpc) is 3.04. The Kier molecular flexibility index (Phi) is 7.58. The molecule has 0 saturated carbocycles. The lowest BCUT2D eigenvalue weighted by Crippen LogP contribution is -2.44. The van der Waals surface area contributed by atoms with Gasteiger partial charge in [-0.05, 0) is 47.6 Å². The number of hydrogen-bond acceptors (Lipinski definition) is 5. The number of benzene rings is 4. The number of carboxylic acids is 1. The molecule has 0 N–H and O–H groups in total. The first-order valence-corrected chi connectivity index (χ1v) is 14.3. The van der Waals surface area contributed by atoms with Crippen molar-refractivity contribution in [3.05, 3.63) is 131 Å². The smallest absolute Gasteiger partial charge is 0.322 e. The SMILES string of the molecule is CN(C)c1ccc2c(c1)OC(c1ccccc1)=C/C2=C\c1cc(-c2ccccc2)oc2c(C(F)(F)C(=O)[O-])c(=[N+](C)C)ccc1-2. The predicted octanol–water partition coefficient (Wildman–Crippen LogP) is 5.97. The van der Waals surface area contributed by atoms with Crippen molar-refractivity contribution in [2.75, 3.05) is 33.1 Å². The van der Waals surface area contributed by atoms with Gasteiger partial charge < -0.3 is 24.0 Å². The molecule has 3 aromatic carbocycles. The van der Waals surface area contributed by atoms with Crippen molar-refractivity contribution in [2.45, 2.75) is 5.92 Å². The molecule has 0 atom stereocenters. The number of anilines is 1. The molecule has 226 valence electrons. The lowest BCUT2D eigenvalue weighted by atomic mass is 9.91. The lowest BCUT2D eigenvalue weighted by Gasteiger charge is -2.24. The third kappa shape index (κ3) is 5.51. The first-order chi connectivity index (χ1) is 21.5. The number of carboxylic acid groups (broad SMARTS) is 1. The van der Waals surface area contributed by atoms with E-state index in [2.05, 4.69) is 0 Å². The van der Waals surface area contributed by atoms with Gasteiger partial charge in [0.25, 0.3) is 0 Å². The molecule has 0 bridgehead atoms. The minimum absolute atomic E-state index is 0.00292. The number of carbonyl (C=O) groups excluding carboxylic acids is 1. The van der Waals surface area contributed by atoms with E-state index in [-0.39, 0.29) is 11.1 Å². The van der Waals surface area contributed by atoms with Crippen molar-refractivity contribution in [3.63, 3.8) is 0 Å².